The third-order valence-corrected chi connectivity index (χ3v) is 4.53. The lowest BCUT2D eigenvalue weighted by molar-refractivity contribution is -0.00971. The number of methoxy groups -OCH3 is 1. The molecule has 0 radical (unpaired) electrons. The molecule has 7 heteroatoms. The first-order valence-electron chi connectivity index (χ1n) is 9.38. The average molecular weight is 402 g/mol. The summed E-state index contributed by atoms with van der Waals surface area (Å²) in [5.41, 5.74) is 5.93. The standard InChI is InChI=1S/C23H22N4O3/c1-16(19-8-7-18(14-24)13-22(19)29-2)30-27-23(28)20-5-3-4-6-21(20)26-15-17-9-11-25-12-10-17/h3-13,16,26H,15H2,1-2H3,(H,27,28). The molecule has 0 aliphatic rings. The minimum atomic E-state index is -0.478. The maximum absolute atomic E-state index is 12.7. The first-order chi connectivity index (χ1) is 14.6. The lowest BCUT2D eigenvalue weighted by Gasteiger charge is -2.17. The van der Waals surface area contributed by atoms with Crippen LogP contribution in [0.3, 0.4) is 0 Å². The van der Waals surface area contributed by atoms with Gasteiger partial charge in [0.1, 0.15) is 11.9 Å². The highest BCUT2D eigenvalue weighted by molar-refractivity contribution is 5.99. The van der Waals surface area contributed by atoms with Crippen LogP contribution in [-0.4, -0.2) is 18.0 Å². The van der Waals surface area contributed by atoms with E-state index in [0.29, 0.717) is 29.1 Å². The van der Waals surface area contributed by atoms with Crippen molar-refractivity contribution in [1.82, 2.24) is 10.5 Å². The van der Waals surface area contributed by atoms with Crippen LogP contribution in [-0.2, 0) is 11.4 Å². The number of para-hydroxylation sites is 1. The molecule has 7 nitrogen and oxygen atoms in total. The Morgan fingerprint density at radius 2 is 1.93 bits per heavy atom. The molecular weight excluding hydrogens is 380 g/mol. The predicted molar refractivity (Wildman–Crippen MR) is 113 cm³/mol. The number of amides is 1. The summed E-state index contributed by atoms with van der Waals surface area (Å²) in [6.45, 7) is 2.35. The summed E-state index contributed by atoms with van der Waals surface area (Å²) in [6.07, 6.45) is 2.97. The number of anilines is 1. The molecule has 1 amide bonds. The van der Waals surface area contributed by atoms with E-state index in [1.165, 1.54) is 7.11 Å². The van der Waals surface area contributed by atoms with Crippen molar-refractivity contribution in [3.8, 4) is 11.8 Å². The van der Waals surface area contributed by atoms with Gasteiger partial charge in [-0.05, 0) is 48.9 Å². The van der Waals surface area contributed by atoms with E-state index in [-0.39, 0.29) is 5.91 Å². The Morgan fingerprint density at radius 1 is 1.17 bits per heavy atom. The van der Waals surface area contributed by atoms with Gasteiger partial charge in [0.25, 0.3) is 5.91 Å². The van der Waals surface area contributed by atoms with Gasteiger partial charge < -0.3 is 10.1 Å². The number of ether oxygens (including phenoxy) is 1. The Morgan fingerprint density at radius 3 is 2.67 bits per heavy atom. The average Bonchev–Trinajstić information content (AvgIpc) is 2.81. The third kappa shape index (κ3) is 5.13. The fraction of sp³-hybridized carbons (Fsp3) is 0.174. The predicted octanol–water partition coefficient (Wildman–Crippen LogP) is 4.00. The molecule has 1 aromatic heterocycles. The molecule has 3 aromatic rings. The molecule has 0 aliphatic carbocycles. The molecule has 1 atom stereocenters. The van der Waals surface area contributed by atoms with Crippen LogP contribution in [0.4, 0.5) is 5.69 Å². The summed E-state index contributed by atoms with van der Waals surface area (Å²) in [5, 5.41) is 12.3. The van der Waals surface area contributed by atoms with Crippen LogP contribution in [0.15, 0.2) is 67.0 Å². The smallest absolute Gasteiger partial charge is 0.276 e. The summed E-state index contributed by atoms with van der Waals surface area (Å²) in [5.74, 6) is 0.155. The summed E-state index contributed by atoms with van der Waals surface area (Å²) in [4.78, 5) is 22.3. The number of hydroxylamine groups is 1. The zero-order valence-corrected chi connectivity index (χ0v) is 16.8. The number of pyridine rings is 1. The van der Waals surface area contributed by atoms with Gasteiger partial charge in [-0.15, -0.1) is 0 Å². The third-order valence-electron chi connectivity index (χ3n) is 4.53. The molecule has 0 fully saturated rings. The van der Waals surface area contributed by atoms with Crippen LogP contribution < -0.4 is 15.5 Å². The molecule has 0 aliphatic heterocycles. The van der Waals surface area contributed by atoms with E-state index >= 15 is 0 Å². The van der Waals surface area contributed by atoms with Crippen molar-refractivity contribution in [3.63, 3.8) is 0 Å². The number of hydrogen-bond acceptors (Lipinski definition) is 6. The molecular formula is C23H22N4O3. The zero-order chi connectivity index (χ0) is 21.3. The van der Waals surface area contributed by atoms with E-state index in [0.717, 1.165) is 11.1 Å². The maximum atomic E-state index is 12.7. The monoisotopic (exact) mass is 402 g/mol. The van der Waals surface area contributed by atoms with Crippen molar-refractivity contribution >= 4 is 11.6 Å². The lowest BCUT2D eigenvalue weighted by Crippen LogP contribution is -2.26. The summed E-state index contributed by atoms with van der Waals surface area (Å²) < 4.78 is 5.34. The van der Waals surface area contributed by atoms with E-state index in [1.54, 1.807) is 49.6 Å². The van der Waals surface area contributed by atoms with Gasteiger partial charge in [0.05, 0.1) is 24.3 Å². The molecule has 152 valence electrons. The second kappa shape index (κ2) is 10.0. The molecule has 1 unspecified atom stereocenters. The summed E-state index contributed by atoms with van der Waals surface area (Å²) in [7, 11) is 1.52. The van der Waals surface area contributed by atoms with Crippen LogP contribution in [0, 0.1) is 11.3 Å². The van der Waals surface area contributed by atoms with Crippen LogP contribution in [0.25, 0.3) is 0 Å². The van der Waals surface area contributed by atoms with Gasteiger partial charge in [0, 0.05) is 30.2 Å². The highest BCUT2D eigenvalue weighted by Crippen LogP contribution is 2.28. The molecule has 0 spiro atoms. The van der Waals surface area contributed by atoms with Gasteiger partial charge in [0.15, 0.2) is 0 Å². The van der Waals surface area contributed by atoms with Crippen molar-refractivity contribution in [2.45, 2.75) is 19.6 Å². The van der Waals surface area contributed by atoms with Crippen LogP contribution >= 0.6 is 0 Å². The lowest BCUT2D eigenvalue weighted by atomic mass is 10.1. The normalized spacial score (nSPS) is 11.2. The second-order valence-corrected chi connectivity index (χ2v) is 6.51. The first kappa shape index (κ1) is 20.8. The second-order valence-electron chi connectivity index (χ2n) is 6.51. The van der Waals surface area contributed by atoms with Crippen LogP contribution in [0.2, 0.25) is 0 Å². The molecule has 1 heterocycles. The Balaban J connectivity index is 1.66. The Kier molecular flexibility index (Phi) is 6.98. The van der Waals surface area contributed by atoms with E-state index in [2.05, 4.69) is 21.9 Å². The van der Waals surface area contributed by atoms with E-state index in [9.17, 15) is 4.79 Å². The largest absolute Gasteiger partial charge is 0.496 e. The van der Waals surface area contributed by atoms with E-state index in [4.69, 9.17) is 14.8 Å². The van der Waals surface area contributed by atoms with Gasteiger partial charge in [-0.1, -0.05) is 18.2 Å². The quantitative estimate of drug-likeness (QED) is 0.553. The minimum Gasteiger partial charge on any atom is -0.496 e. The maximum Gasteiger partial charge on any atom is 0.276 e. The number of aromatic nitrogens is 1. The molecule has 2 aromatic carbocycles. The topological polar surface area (TPSA) is 96.3 Å². The fourth-order valence-corrected chi connectivity index (χ4v) is 2.91. The number of nitrogens with one attached hydrogen (secondary N) is 2. The van der Waals surface area contributed by atoms with Gasteiger partial charge >= 0.3 is 0 Å². The van der Waals surface area contributed by atoms with Crippen molar-refractivity contribution in [2.75, 3.05) is 12.4 Å². The minimum absolute atomic E-state index is 0.368. The molecule has 0 saturated heterocycles. The first-order valence-corrected chi connectivity index (χ1v) is 9.38. The Labute approximate surface area is 175 Å². The van der Waals surface area contributed by atoms with Gasteiger partial charge in [-0.2, -0.15) is 5.26 Å². The van der Waals surface area contributed by atoms with Crippen molar-refractivity contribution < 1.29 is 14.4 Å². The number of rotatable bonds is 8. The van der Waals surface area contributed by atoms with Gasteiger partial charge in [-0.3, -0.25) is 14.6 Å². The molecule has 30 heavy (non-hydrogen) atoms. The van der Waals surface area contributed by atoms with Crippen molar-refractivity contribution in [3.05, 3.63) is 89.2 Å². The SMILES string of the molecule is COc1cc(C#N)ccc1C(C)ONC(=O)c1ccccc1NCc1ccncc1. The summed E-state index contributed by atoms with van der Waals surface area (Å²) in [6, 6.07) is 18.2. The van der Waals surface area contributed by atoms with Gasteiger partial charge in [-0.25, -0.2) is 5.48 Å². The van der Waals surface area contributed by atoms with Crippen LogP contribution in [0.1, 0.15) is 40.1 Å². The molecule has 0 bridgehead atoms. The highest BCUT2D eigenvalue weighted by Gasteiger charge is 2.16. The number of hydrogen-bond donors (Lipinski definition) is 2. The number of nitriles is 1. The van der Waals surface area contributed by atoms with Crippen molar-refractivity contribution in [1.29, 1.82) is 5.26 Å². The van der Waals surface area contributed by atoms with Crippen molar-refractivity contribution in [2.24, 2.45) is 0 Å². The van der Waals surface area contributed by atoms with Gasteiger partial charge in [0.2, 0.25) is 0 Å². The highest BCUT2D eigenvalue weighted by atomic mass is 16.7. The number of benzene rings is 2. The molecule has 0 saturated carbocycles. The fourth-order valence-electron chi connectivity index (χ4n) is 2.91. The Bertz CT molecular complexity index is 1050. The zero-order valence-electron chi connectivity index (χ0n) is 16.8. The summed E-state index contributed by atoms with van der Waals surface area (Å²) >= 11 is 0. The van der Waals surface area contributed by atoms with Crippen LogP contribution in [0.5, 0.6) is 5.75 Å². The molecule has 3 rings (SSSR count). The van der Waals surface area contributed by atoms with E-state index in [1.807, 2.05) is 24.3 Å². The number of carbonyl (C=O) groups excluding carboxylic acids is 1. The molecule has 2 N–H and O–H groups in total. The Hall–Kier alpha value is -3.89. The number of carbonyl (C=O) groups is 1. The number of nitrogens with zero attached hydrogens (tertiary/aromatic N) is 2. The van der Waals surface area contributed by atoms with E-state index < -0.39 is 6.10 Å².